The highest BCUT2D eigenvalue weighted by atomic mass is 16.5. The third-order valence-corrected chi connectivity index (χ3v) is 2.89. The van der Waals surface area contributed by atoms with Gasteiger partial charge in [0.1, 0.15) is 17.3 Å². The first-order valence-corrected chi connectivity index (χ1v) is 5.64. The van der Waals surface area contributed by atoms with Gasteiger partial charge in [-0.2, -0.15) is 0 Å². The summed E-state index contributed by atoms with van der Waals surface area (Å²) in [6.07, 6.45) is 0.258. The van der Waals surface area contributed by atoms with Crippen molar-refractivity contribution in [1.82, 2.24) is 0 Å². The third kappa shape index (κ3) is 2.16. The van der Waals surface area contributed by atoms with Gasteiger partial charge in [0.15, 0.2) is 0 Å². The Morgan fingerprint density at radius 1 is 1.11 bits per heavy atom. The van der Waals surface area contributed by atoms with Gasteiger partial charge in [0.05, 0.1) is 14.2 Å². The summed E-state index contributed by atoms with van der Waals surface area (Å²) in [7, 11) is 3.20. The Kier molecular flexibility index (Phi) is 3.51. The molecule has 0 aromatic heterocycles. The molecule has 0 amide bonds. The maximum absolute atomic E-state index is 11.3. The molecule has 2 aromatic carbocycles. The first-order chi connectivity index (χ1) is 8.67. The second-order valence-electron chi connectivity index (χ2n) is 4.02. The molecule has 18 heavy (non-hydrogen) atoms. The zero-order chi connectivity index (χ0) is 13.1. The average molecular weight is 243 g/mol. The number of hydrogen-bond acceptors (Lipinski definition) is 3. The summed E-state index contributed by atoms with van der Waals surface area (Å²) >= 11 is 0. The van der Waals surface area contributed by atoms with Crippen LogP contribution in [0.2, 0.25) is 0 Å². The van der Waals surface area contributed by atoms with Crippen LogP contribution in [0.15, 0.2) is 30.3 Å². The Labute approximate surface area is 106 Å². The molecule has 0 atom stereocenters. The number of ketones is 1. The van der Waals surface area contributed by atoms with Gasteiger partial charge < -0.3 is 9.47 Å². The molecule has 2 rings (SSSR count). The highest BCUT2D eigenvalue weighted by molar-refractivity contribution is 5.97. The van der Waals surface area contributed by atoms with Crippen molar-refractivity contribution < 1.29 is 14.3 Å². The lowest BCUT2D eigenvalue weighted by atomic mass is 9.99. The standard InChI is InChI=1S/C15H15O3/c1-10(16)8-13-11-6-4-5-7-12(11)14(17-2)9-15(13)18-3/h4-7,9H,1,8H2,2-3H3. The largest absolute Gasteiger partial charge is 0.496 e. The summed E-state index contributed by atoms with van der Waals surface area (Å²) in [5, 5.41) is 1.93. The van der Waals surface area contributed by atoms with E-state index < -0.39 is 0 Å². The molecule has 93 valence electrons. The van der Waals surface area contributed by atoms with Crippen molar-refractivity contribution in [3.05, 3.63) is 42.8 Å². The molecule has 0 saturated carbocycles. The van der Waals surface area contributed by atoms with Gasteiger partial charge in [-0.15, -0.1) is 0 Å². The van der Waals surface area contributed by atoms with Crippen molar-refractivity contribution in [3.8, 4) is 11.5 Å². The number of benzene rings is 2. The minimum absolute atomic E-state index is 0.136. The van der Waals surface area contributed by atoms with E-state index in [-0.39, 0.29) is 12.2 Å². The van der Waals surface area contributed by atoms with E-state index in [1.165, 1.54) is 0 Å². The van der Waals surface area contributed by atoms with E-state index in [0.29, 0.717) is 5.75 Å². The van der Waals surface area contributed by atoms with Gasteiger partial charge in [0.25, 0.3) is 0 Å². The molecule has 1 radical (unpaired) electrons. The van der Waals surface area contributed by atoms with Crippen LogP contribution in [0.25, 0.3) is 10.8 Å². The van der Waals surface area contributed by atoms with Crippen LogP contribution in [0.3, 0.4) is 0 Å². The van der Waals surface area contributed by atoms with Crippen LogP contribution in [0.4, 0.5) is 0 Å². The van der Waals surface area contributed by atoms with Crippen molar-refractivity contribution in [3.63, 3.8) is 0 Å². The van der Waals surface area contributed by atoms with Gasteiger partial charge in [-0.1, -0.05) is 24.3 Å². The zero-order valence-electron chi connectivity index (χ0n) is 10.5. The quantitative estimate of drug-likeness (QED) is 0.828. The molecule has 0 saturated heterocycles. The summed E-state index contributed by atoms with van der Waals surface area (Å²) in [4.78, 5) is 11.3. The van der Waals surface area contributed by atoms with Gasteiger partial charge in [-0.05, 0) is 5.39 Å². The fourth-order valence-electron chi connectivity index (χ4n) is 2.11. The van der Waals surface area contributed by atoms with Crippen LogP contribution in [0, 0.1) is 6.92 Å². The second kappa shape index (κ2) is 5.08. The predicted octanol–water partition coefficient (Wildman–Crippen LogP) is 2.80. The molecule has 0 unspecified atom stereocenters. The van der Waals surface area contributed by atoms with Crippen LogP contribution in [-0.4, -0.2) is 20.0 Å². The highest BCUT2D eigenvalue weighted by Gasteiger charge is 2.14. The Balaban J connectivity index is 2.76. The lowest BCUT2D eigenvalue weighted by Gasteiger charge is -2.14. The minimum atomic E-state index is -0.136. The third-order valence-electron chi connectivity index (χ3n) is 2.89. The topological polar surface area (TPSA) is 35.5 Å². The van der Waals surface area contributed by atoms with Crippen LogP contribution in [0.1, 0.15) is 5.56 Å². The van der Waals surface area contributed by atoms with E-state index in [0.717, 1.165) is 22.1 Å². The molecular formula is C15H15O3. The summed E-state index contributed by atoms with van der Waals surface area (Å²) in [6, 6.07) is 9.59. The van der Waals surface area contributed by atoms with E-state index in [2.05, 4.69) is 6.92 Å². The normalized spacial score (nSPS) is 10.4. The fraction of sp³-hybridized carbons (Fsp3) is 0.200. The first kappa shape index (κ1) is 12.4. The van der Waals surface area contributed by atoms with Crippen LogP contribution >= 0.6 is 0 Å². The first-order valence-electron chi connectivity index (χ1n) is 5.64. The molecule has 0 heterocycles. The minimum Gasteiger partial charge on any atom is -0.496 e. The molecule has 0 aliphatic rings. The van der Waals surface area contributed by atoms with Gasteiger partial charge >= 0.3 is 0 Å². The monoisotopic (exact) mass is 243 g/mol. The number of carbonyl (C=O) groups is 1. The smallest absolute Gasteiger partial charge is 0.137 e. The SMILES string of the molecule is [CH2]C(=O)Cc1c(OC)cc(OC)c2ccccc12. The molecule has 0 spiro atoms. The average Bonchev–Trinajstić information content (AvgIpc) is 2.38. The number of carbonyl (C=O) groups excluding carboxylic acids is 1. The molecule has 0 aliphatic heterocycles. The number of Topliss-reactive ketones (excluding diaryl/α,β-unsaturated/α-hetero) is 1. The van der Waals surface area contributed by atoms with Crippen molar-refractivity contribution in [2.24, 2.45) is 0 Å². The van der Waals surface area contributed by atoms with E-state index in [1.54, 1.807) is 20.3 Å². The molecule has 0 aliphatic carbocycles. The van der Waals surface area contributed by atoms with Gasteiger partial charge in [-0.3, -0.25) is 4.79 Å². The van der Waals surface area contributed by atoms with Crippen LogP contribution < -0.4 is 9.47 Å². The summed E-state index contributed by atoms with van der Waals surface area (Å²) in [5.41, 5.74) is 0.855. The summed E-state index contributed by atoms with van der Waals surface area (Å²) < 4.78 is 10.7. The fourth-order valence-corrected chi connectivity index (χ4v) is 2.11. The van der Waals surface area contributed by atoms with Gasteiger partial charge in [-0.25, -0.2) is 0 Å². The Morgan fingerprint density at radius 2 is 1.72 bits per heavy atom. The summed E-state index contributed by atoms with van der Waals surface area (Å²) in [6.45, 7) is 3.43. The zero-order valence-corrected chi connectivity index (χ0v) is 10.5. The van der Waals surface area contributed by atoms with E-state index >= 15 is 0 Å². The van der Waals surface area contributed by atoms with Crippen LogP contribution in [-0.2, 0) is 11.2 Å². The van der Waals surface area contributed by atoms with E-state index in [1.807, 2.05) is 24.3 Å². The number of fused-ring (bicyclic) bond motifs is 1. The van der Waals surface area contributed by atoms with Crippen molar-refractivity contribution in [2.75, 3.05) is 14.2 Å². The van der Waals surface area contributed by atoms with Crippen LogP contribution in [0.5, 0.6) is 11.5 Å². The molecule has 3 heteroatoms. The predicted molar refractivity (Wildman–Crippen MR) is 71.1 cm³/mol. The maximum atomic E-state index is 11.3. The van der Waals surface area contributed by atoms with Crippen molar-refractivity contribution in [1.29, 1.82) is 0 Å². The summed E-state index contributed by atoms with van der Waals surface area (Å²) in [5.74, 6) is 1.26. The van der Waals surface area contributed by atoms with E-state index in [4.69, 9.17) is 9.47 Å². The molecule has 0 fully saturated rings. The molecule has 3 nitrogen and oxygen atoms in total. The second-order valence-corrected chi connectivity index (χ2v) is 4.02. The number of ether oxygens (including phenoxy) is 2. The molecule has 0 N–H and O–H groups in total. The maximum Gasteiger partial charge on any atom is 0.137 e. The van der Waals surface area contributed by atoms with Crippen molar-refractivity contribution >= 4 is 16.6 Å². The van der Waals surface area contributed by atoms with Crippen molar-refractivity contribution in [2.45, 2.75) is 6.42 Å². The Morgan fingerprint density at radius 3 is 2.28 bits per heavy atom. The number of rotatable bonds is 4. The Hall–Kier alpha value is -2.03. The number of methoxy groups -OCH3 is 2. The van der Waals surface area contributed by atoms with Gasteiger partial charge in [0.2, 0.25) is 0 Å². The Bertz CT molecular complexity index is 588. The highest BCUT2D eigenvalue weighted by Crippen LogP contribution is 2.35. The molecule has 0 bridgehead atoms. The van der Waals surface area contributed by atoms with Gasteiger partial charge in [0, 0.05) is 30.4 Å². The molecule has 2 aromatic rings. The molecular weight excluding hydrogens is 228 g/mol. The number of hydrogen-bond donors (Lipinski definition) is 0. The van der Waals surface area contributed by atoms with E-state index in [9.17, 15) is 4.79 Å². The lowest BCUT2D eigenvalue weighted by molar-refractivity contribution is -0.114. The lowest BCUT2D eigenvalue weighted by Crippen LogP contribution is -2.02.